The number of carbonyl (C=O) groups excluding carboxylic acids is 1. The molecule has 1 heterocycles. The zero-order chi connectivity index (χ0) is 22.1. The molecule has 1 aliphatic rings. The van der Waals surface area contributed by atoms with E-state index >= 15 is 0 Å². The van der Waals surface area contributed by atoms with Gasteiger partial charge in [-0.15, -0.1) is 0 Å². The maximum Gasteiger partial charge on any atom is 0.296 e. The van der Waals surface area contributed by atoms with Crippen molar-refractivity contribution in [3.05, 3.63) is 94.7 Å². The lowest BCUT2D eigenvalue weighted by molar-refractivity contribution is -0.113. The van der Waals surface area contributed by atoms with Gasteiger partial charge in [0.05, 0.1) is 5.69 Å². The average Bonchev–Trinajstić information content (AvgIpc) is 3.06. The SMILES string of the molecule is Cc1cc(O)c(C(C)C)cc1N1C(c2ccccc2)=NC(=O)/C1=C\c1ccc(O)cc1. The Morgan fingerprint density at radius 2 is 1.65 bits per heavy atom. The van der Waals surface area contributed by atoms with Crippen molar-refractivity contribution in [1.82, 2.24) is 0 Å². The summed E-state index contributed by atoms with van der Waals surface area (Å²) in [7, 11) is 0. The molecule has 1 amide bonds. The van der Waals surface area contributed by atoms with E-state index in [1.165, 1.54) is 0 Å². The molecular formula is C26H24N2O3. The second kappa shape index (κ2) is 8.11. The second-order valence-corrected chi connectivity index (χ2v) is 7.92. The number of benzene rings is 3. The van der Waals surface area contributed by atoms with Gasteiger partial charge in [-0.1, -0.05) is 56.3 Å². The molecule has 156 valence electrons. The first kappa shape index (κ1) is 20.4. The van der Waals surface area contributed by atoms with Crippen molar-refractivity contribution < 1.29 is 15.0 Å². The number of amides is 1. The molecule has 0 aliphatic carbocycles. The smallest absolute Gasteiger partial charge is 0.296 e. The number of rotatable bonds is 4. The topological polar surface area (TPSA) is 73.1 Å². The van der Waals surface area contributed by atoms with Gasteiger partial charge in [-0.2, -0.15) is 4.99 Å². The van der Waals surface area contributed by atoms with Gasteiger partial charge in [0.1, 0.15) is 23.0 Å². The summed E-state index contributed by atoms with van der Waals surface area (Å²) in [5, 5.41) is 20.0. The molecule has 0 saturated carbocycles. The lowest BCUT2D eigenvalue weighted by Crippen LogP contribution is -2.28. The van der Waals surface area contributed by atoms with E-state index in [-0.39, 0.29) is 23.3 Å². The predicted molar refractivity (Wildman–Crippen MR) is 123 cm³/mol. The number of amidine groups is 1. The third-order valence-electron chi connectivity index (χ3n) is 5.32. The number of carbonyl (C=O) groups is 1. The Morgan fingerprint density at radius 3 is 2.29 bits per heavy atom. The van der Waals surface area contributed by atoms with Crippen molar-refractivity contribution in [3.8, 4) is 11.5 Å². The van der Waals surface area contributed by atoms with Gasteiger partial charge in [0, 0.05) is 5.56 Å². The van der Waals surface area contributed by atoms with Crippen molar-refractivity contribution >= 4 is 23.5 Å². The molecule has 2 N–H and O–H groups in total. The number of aliphatic imine (C=N–C) groups is 1. The van der Waals surface area contributed by atoms with Crippen LogP contribution in [0.1, 0.15) is 42.0 Å². The van der Waals surface area contributed by atoms with Gasteiger partial charge in [0.25, 0.3) is 5.91 Å². The second-order valence-electron chi connectivity index (χ2n) is 7.92. The molecule has 4 rings (SSSR count). The van der Waals surface area contributed by atoms with E-state index in [1.807, 2.05) is 62.1 Å². The summed E-state index contributed by atoms with van der Waals surface area (Å²) in [6, 6.07) is 19.9. The van der Waals surface area contributed by atoms with Gasteiger partial charge in [0.2, 0.25) is 0 Å². The van der Waals surface area contributed by atoms with Crippen LogP contribution in [-0.4, -0.2) is 22.0 Å². The Hall–Kier alpha value is -3.86. The van der Waals surface area contributed by atoms with Gasteiger partial charge in [-0.3, -0.25) is 9.69 Å². The summed E-state index contributed by atoms with van der Waals surface area (Å²) in [5.74, 6) is 0.710. The quantitative estimate of drug-likeness (QED) is 0.566. The molecular weight excluding hydrogens is 388 g/mol. The molecule has 5 nitrogen and oxygen atoms in total. The first-order chi connectivity index (χ1) is 14.8. The standard InChI is InChI=1S/C26H24N2O3/c1-16(2)21-15-22(17(3)13-24(21)30)28-23(14-18-9-11-20(29)12-10-18)26(31)27-25(28)19-7-5-4-6-8-19/h4-16,29-30H,1-3H3/b23-14+. The zero-order valence-corrected chi connectivity index (χ0v) is 17.7. The molecule has 0 fully saturated rings. The van der Waals surface area contributed by atoms with Gasteiger partial charge in [-0.25, -0.2) is 0 Å². The number of aryl methyl sites for hydroxylation is 1. The fourth-order valence-electron chi connectivity index (χ4n) is 3.69. The molecule has 3 aromatic carbocycles. The van der Waals surface area contributed by atoms with Gasteiger partial charge in [0.15, 0.2) is 0 Å². The Labute approximate surface area is 181 Å². The third kappa shape index (κ3) is 3.94. The van der Waals surface area contributed by atoms with Crippen molar-refractivity contribution in [2.45, 2.75) is 26.7 Å². The number of phenolic OH excluding ortho intramolecular Hbond substituents is 2. The highest BCUT2D eigenvalue weighted by Gasteiger charge is 2.33. The fourth-order valence-corrected chi connectivity index (χ4v) is 3.69. The van der Waals surface area contributed by atoms with E-state index in [1.54, 1.807) is 36.4 Å². The van der Waals surface area contributed by atoms with E-state index in [9.17, 15) is 15.0 Å². The highest BCUT2D eigenvalue weighted by molar-refractivity contribution is 6.28. The van der Waals surface area contributed by atoms with Gasteiger partial charge >= 0.3 is 0 Å². The molecule has 0 unspecified atom stereocenters. The molecule has 0 bridgehead atoms. The fraction of sp³-hybridized carbons (Fsp3) is 0.154. The van der Waals surface area contributed by atoms with Crippen molar-refractivity contribution in [1.29, 1.82) is 0 Å². The van der Waals surface area contributed by atoms with Crippen LogP contribution in [0.15, 0.2) is 77.4 Å². The number of phenols is 2. The highest BCUT2D eigenvalue weighted by Crippen LogP contribution is 2.37. The van der Waals surface area contributed by atoms with Crippen LogP contribution in [0.25, 0.3) is 6.08 Å². The lowest BCUT2D eigenvalue weighted by atomic mass is 9.98. The minimum atomic E-state index is -0.342. The lowest BCUT2D eigenvalue weighted by Gasteiger charge is -2.25. The van der Waals surface area contributed by atoms with Crippen LogP contribution in [0, 0.1) is 6.92 Å². The predicted octanol–water partition coefficient (Wildman–Crippen LogP) is 5.36. The summed E-state index contributed by atoms with van der Waals surface area (Å²) in [6.45, 7) is 5.94. The maximum atomic E-state index is 13.0. The highest BCUT2D eigenvalue weighted by atomic mass is 16.3. The van der Waals surface area contributed by atoms with Gasteiger partial charge < -0.3 is 10.2 Å². The number of anilines is 1. The van der Waals surface area contributed by atoms with E-state index in [4.69, 9.17) is 0 Å². The van der Waals surface area contributed by atoms with Crippen molar-refractivity contribution in [3.63, 3.8) is 0 Å². The molecule has 0 saturated heterocycles. The van der Waals surface area contributed by atoms with E-state index < -0.39 is 0 Å². The first-order valence-corrected chi connectivity index (χ1v) is 10.2. The number of nitrogens with zero attached hydrogens (tertiary/aromatic N) is 2. The summed E-state index contributed by atoms with van der Waals surface area (Å²) < 4.78 is 0. The maximum absolute atomic E-state index is 13.0. The summed E-state index contributed by atoms with van der Waals surface area (Å²) in [5.41, 5.74) is 4.43. The Balaban J connectivity index is 1.92. The van der Waals surface area contributed by atoms with Crippen LogP contribution >= 0.6 is 0 Å². The molecule has 5 heteroatoms. The van der Waals surface area contributed by atoms with Crippen LogP contribution in [0.5, 0.6) is 11.5 Å². The molecule has 0 radical (unpaired) electrons. The third-order valence-corrected chi connectivity index (χ3v) is 5.32. The molecule has 0 aromatic heterocycles. The summed E-state index contributed by atoms with van der Waals surface area (Å²) in [4.78, 5) is 19.2. The molecule has 1 aliphatic heterocycles. The van der Waals surface area contributed by atoms with Crippen molar-refractivity contribution in [2.24, 2.45) is 4.99 Å². The number of hydrogen-bond acceptors (Lipinski definition) is 4. The number of hydrogen-bond donors (Lipinski definition) is 2. The van der Waals surface area contributed by atoms with Crippen LogP contribution < -0.4 is 4.90 Å². The van der Waals surface area contributed by atoms with Crippen LogP contribution in [0.3, 0.4) is 0 Å². The minimum Gasteiger partial charge on any atom is -0.508 e. The first-order valence-electron chi connectivity index (χ1n) is 10.2. The van der Waals surface area contributed by atoms with E-state index in [2.05, 4.69) is 4.99 Å². The molecule has 31 heavy (non-hydrogen) atoms. The van der Waals surface area contributed by atoms with E-state index in [0.29, 0.717) is 11.5 Å². The van der Waals surface area contributed by atoms with Gasteiger partial charge in [-0.05, 0) is 59.9 Å². The Morgan fingerprint density at radius 1 is 0.968 bits per heavy atom. The van der Waals surface area contributed by atoms with E-state index in [0.717, 1.165) is 27.9 Å². The average molecular weight is 412 g/mol. The van der Waals surface area contributed by atoms with Crippen molar-refractivity contribution in [2.75, 3.05) is 4.90 Å². The van der Waals surface area contributed by atoms with Crippen LogP contribution in [0.2, 0.25) is 0 Å². The summed E-state index contributed by atoms with van der Waals surface area (Å²) >= 11 is 0. The molecule has 3 aromatic rings. The Bertz CT molecular complexity index is 1190. The van der Waals surface area contributed by atoms with Crippen LogP contribution in [0.4, 0.5) is 5.69 Å². The molecule has 0 atom stereocenters. The normalized spacial score (nSPS) is 15.1. The molecule has 0 spiro atoms. The summed E-state index contributed by atoms with van der Waals surface area (Å²) in [6.07, 6.45) is 1.77. The Kier molecular flexibility index (Phi) is 5.34. The largest absolute Gasteiger partial charge is 0.508 e. The zero-order valence-electron chi connectivity index (χ0n) is 17.7. The van der Waals surface area contributed by atoms with Crippen LogP contribution in [-0.2, 0) is 4.79 Å². The monoisotopic (exact) mass is 412 g/mol. The minimum absolute atomic E-state index is 0.110. The number of aromatic hydroxyl groups is 2.